The second-order valence-electron chi connectivity index (χ2n) is 4.76. The third-order valence-corrected chi connectivity index (χ3v) is 3.67. The van der Waals surface area contributed by atoms with Crippen LogP contribution in [-0.2, 0) is 0 Å². The number of rotatable bonds is 5. The van der Waals surface area contributed by atoms with Crippen molar-refractivity contribution in [1.82, 2.24) is 9.69 Å². The van der Waals surface area contributed by atoms with Crippen LogP contribution in [0.3, 0.4) is 0 Å². The van der Waals surface area contributed by atoms with Crippen molar-refractivity contribution in [2.75, 3.05) is 6.61 Å². The van der Waals surface area contributed by atoms with Gasteiger partial charge >= 0.3 is 0 Å². The van der Waals surface area contributed by atoms with Crippen molar-refractivity contribution in [2.24, 2.45) is 0 Å². The summed E-state index contributed by atoms with van der Waals surface area (Å²) < 4.78 is 9.82. The highest BCUT2D eigenvalue weighted by atomic mass is 32.1. The number of hydrogen-bond donors (Lipinski definition) is 1. The van der Waals surface area contributed by atoms with Gasteiger partial charge in [0.15, 0.2) is 0 Å². The standard InChI is InChI=1S/C15H18N2O2S/c1-10-6-4-5-7-14(10)19-8-11(2)16-15(18)13-9-20-17-12(13)3/h4-7,9,11H,8H2,1-3H3,(H,16,18)/t11-/m1/s1. The van der Waals surface area contributed by atoms with Gasteiger partial charge in [-0.1, -0.05) is 18.2 Å². The van der Waals surface area contributed by atoms with Gasteiger partial charge in [-0.05, 0) is 43.9 Å². The van der Waals surface area contributed by atoms with Gasteiger partial charge in [0.2, 0.25) is 0 Å². The summed E-state index contributed by atoms with van der Waals surface area (Å²) in [4.78, 5) is 12.0. The SMILES string of the molecule is Cc1ccccc1OC[C@@H](C)NC(=O)c1csnc1C. The van der Waals surface area contributed by atoms with Crippen molar-refractivity contribution in [3.8, 4) is 5.75 Å². The molecule has 0 saturated carbocycles. The number of carbonyl (C=O) groups excluding carboxylic acids is 1. The van der Waals surface area contributed by atoms with Crippen LogP contribution in [0.5, 0.6) is 5.75 Å². The Labute approximate surface area is 123 Å². The fraction of sp³-hybridized carbons (Fsp3) is 0.333. The van der Waals surface area contributed by atoms with Crippen LogP contribution in [0.15, 0.2) is 29.6 Å². The van der Waals surface area contributed by atoms with E-state index < -0.39 is 0 Å². The Balaban J connectivity index is 1.87. The van der Waals surface area contributed by atoms with Gasteiger partial charge < -0.3 is 10.1 Å². The predicted molar refractivity (Wildman–Crippen MR) is 80.5 cm³/mol. The van der Waals surface area contributed by atoms with Gasteiger partial charge in [-0.15, -0.1) is 0 Å². The third kappa shape index (κ3) is 3.57. The van der Waals surface area contributed by atoms with Gasteiger partial charge in [0.1, 0.15) is 12.4 Å². The Kier molecular flexibility index (Phi) is 4.74. The van der Waals surface area contributed by atoms with Crippen molar-refractivity contribution in [3.05, 3.63) is 46.5 Å². The van der Waals surface area contributed by atoms with E-state index in [1.165, 1.54) is 11.5 Å². The summed E-state index contributed by atoms with van der Waals surface area (Å²) in [7, 11) is 0. The van der Waals surface area contributed by atoms with Crippen LogP contribution in [0.1, 0.15) is 28.5 Å². The number of nitrogens with one attached hydrogen (secondary N) is 1. The molecule has 1 amide bonds. The zero-order valence-electron chi connectivity index (χ0n) is 11.8. The third-order valence-electron chi connectivity index (χ3n) is 2.95. The molecule has 0 saturated heterocycles. The highest BCUT2D eigenvalue weighted by Crippen LogP contribution is 2.16. The molecule has 0 aliphatic carbocycles. The lowest BCUT2D eigenvalue weighted by Gasteiger charge is -2.15. The van der Waals surface area contributed by atoms with E-state index in [0.717, 1.165) is 17.0 Å². The van der Waals surface area contributed by atoms with Crippen LogP contribution in [-0.4, -0.2) is 22.9 Å². The molecule has 1 atom stereocenters. The van der Waals surface area contributed by atoms with Gasteiger partial charge in [-0.3, -0.25) is 4.79 Å². The highest BCUT2D eigenvalue weighted by Gasteiger charge is 2.14. The maximum absolute atomic E-state index is 12.0. The summed E-state index contributed by atoms with van der Waals surface area (Å²) in [5, 5.41) is 4.68. The molecule has 0 fully saturated rings. The van der Waals surface area contributed by atoms with E-state index in [2.05, 4.69) is 9.69 Å². The van der Waals surface area contributed by atoms with Crippen molar-refractivity contribution >= 4 is 17.4 Å². The lowest BCUT2D eigenvalue weighted by Crippen LogP contribution is -2.37. The lowest BCUT2D eigenvalue weighted by molar-refractivity contribution is 0.0926. The summed E-state index contributed by atoms with van der Waals surface area (Å²) in [5.41, 5.74) is 2.49. The van der Waals surface area contributed by atoms with Crippen LogP contribution >= 0.6 is 11.5 Å². The summed E-state index contributed by atoms with van der Waals surface area (Å²) in [6, 6.07) is 7.77. The molecule has 0 unspecified atom stereocenters. The summed E-state index contributed by atoms with van der Waals surface area (Å²) >= 11 is 1.29. The summed E-state index contributed by atoms with van der Waals surface area (Å²) in [6.45, 7) is 6.19. The monoisotopic (exact) mass is 290 g/mol. The van der Waals surface area contributed by atoms with E-state index >= 15 is 0 Å². The second kappa shape index (κ2) is 6.52. The van der Waals surface area contributed by atoms with E-state index in [1.54, 1.807) is 5.38 Å². The Hall–Kier alpha value is -1.88. The average molecular weight is 290 g/mol. The molecule has 106 valence electrons. The van der Waals surface area contributed by atoms with Gasteiger partial charge in [0.05, 0.1) is 17.3 Å². The molecular formula is C15H18N2O2S. The van der Waals surface area contributed by atoms with Crippen molar-refractivity contribution < 1.29 is 9.53 Å². The fourth-order valence-corrected chi connectivity index (χ4v) is 2.48. The Morgan fingerprint density at radius 2 is 2.15 bits per heavy atom. The van der Waals surface area contributed by atoms with Gasteiger partial charge in [-0.2, -0.15) is 4.37 Å². The van der Waals surface area contributed by atoms with Crippen LogP contribution in [0.25, 0.3) is 0 Å². The summed E-state index contributed by atoms with van der Waals surface area (Å²) in [6.07, 6.45) is 0. The van der Waals surface area contributed by atoms with Crippen LogP contribution in [0.4, 0.5) is 0 Å². The topological polar surface area (TPSA) is 51.2 Å². The molecule has 4 nitrogen and oxygen atoms in total. The largest absolute Gasteiger partial charge is 0.491 e. The molecule has 1 heterocycles. The molecule has 0 aliphatic rings. The average Bonchev–Trinajstić information content (AvgIpc) is 2.84. The zero-order chi connectivity index (χ0) is 14.5. The molecule has 1 aromatic carbocycles. The van der Waals surface area contributed by atoms with Gasteiger partial charge in [0, 0.05) is 5.38 Å². The number of ether oxygens (including phenoxy) is 1. The van der Waals surface area contributed by atoms with Crippen molar-refractivity contribution in [1.29, 1.82) is 0 Å². The molecule has 1 aromatic heterocycles. The van der Waals surface area contributed by atoms with Crippen molar-refractivity contribution in [2.45, 2.75) is 26.8 Å². The number of aryl methyl sites for hydroxylation is 2. The van der Waals surface area contributed by atoms with Crippen molar-refractivity contribution in [3.63, 3.8) is 0 Å². The summed E-state index contributed by atoms with van der Waals surface area (Å²) in [5.74, 6) is 0.749. The van der Waals surface area contributed by atoms with Crippen LogP contribution in [0, 0.1) is 13.8 Å². The first-order valence-electron chi connectivity index (χ1n) is 6.48. The normalized spacial score (nSPS) is 11.9. The first kappa shape index (κ1) is 14.5. The molecule has 0 spiro atoms. The molecule has 0 aliphatic heterocycles. The maximum atomic E-state index is 12.0. The maximum Gasteiger partial charge on any atom is 0.254 e. The molecular weight excluding hydrogens is 272 g/mol. The van der Waals surface area contributed by atoms with Gasteiger partial charge in [0.25, 0.3) is 5.91 Å². The highest BCUT2D eigenvalue weighted by molar-refractivity contribution is 7.03. The van der Waals surface area contributed by atoms with Gasteiger partial charge in [-0.25, -0.2) is 0 Å². The Bertz CT molecular complexity index is 595. The minimum absolute atomic E-state index is 0.0681. The lowest BCUT2D eigenvalue weighted by atomic mass is 10.2. The molecule has 2 rings (SSSR count). The Morgan fingerprint density at radius 3 is 2.80 bits per heavy atom. The quantitative estimate of drug-likeness (QED) is 0.921. The molecule has 0 bridgehead atoms. The number of hydrogen-bond acceptors (Lipinski definition) is 4. The molecule has 20 heavy (non-hydrogen) atoms. The molecule has 1 N–H and O–H groups in total. The number of para-hydroxylation sites is 1. The number of amides is 1. The minimum atomic E-state index is -0.0999. The van der Waals surface area contributed by atoms with E-state index in [9.17, 15) is 4.79 Å². The zero-order valence-corrected chi connectivity index (χ0v) is 12.7. The smallest absolute Gasteiger partial charge is 0.254 e. The van der Waals surface area contributed by atoms with E-state index in [1.807, 2.05) is 45.0 Å². The first-order chi connectivity index (χ1) is 9.58. The fourth-order valence-electron chi connectivity index (χ4n) is 1.79. The number of benzene rings is 1. The number of nitrogens with zero attached hydrogens (tertiary/aromatic N) is 1. The van der Waals surface area contributed by atoms with E-state index in [0.29, 0.717) is 12.2 Å². The van der Waals surface area contributed by atoms with E-state index in [4.69, 9.17) is 4.74 Å². The Morgan fingerprint density at radius 1 is 1.40 bits per heavy atom. The molecule has 0 radical (unpaired) electrons. The number of carbonyl (C=O) groups is 1. The number of aromatic nitrogens is 1. The van der Waals surface area contributed by atoms with Crippen LogP contribution < -0.4 is 10.1 Å². The second-order valence-corrected chi connectivity index (χ2v) is 5.39. The molecule has 5 heteroatoms. The van der Waals surface area contributed by atoms with Crippen LogP contribution in [0.2, 0.25) is 0 Å². The minimum Gasteiger partial charge on any atom is -0.491 e. The first-order valence-corrected chi connectivity index (χ1v) is 7.32. The molecule has 2 aromatic rings. The predicted octanol–water partition coefficient (Wildman–Crippen LogP) is 2.96. The van der Waals surface area contributed by atoms with E-state index in [-0.39, 0.29) is 11.9 Å².